The van der Waals surface area contributed by atoms with Gasteiger partial charge in [-0.25, -0.2) is 4.79 Å². The van der Waals surface area contributed by atoms with E-state index in [1.54, 1.807) is 35.8 Å². The molecule has 1 N–H and O–H groups in total. The average molecular weight is 438 g/mol. The van der Waals surface area contributed by atoms with Crippen molar-refractivity contribution in [3.8, 4) is 22.4 Å². The van der Waals surface area contributed by atoms with Gasteiger partial charge in [-0.1, -0.05) is 40.9 Å². The Hall–Kier alpha value is -2.34. The van der Waals surface area contributed by atoms with Gasteiger partial charge in [-0.15, -0.1) is 0 Å². The van der Waals surface area contributed by atoms with E-state index in [4.69, 9.17) is 34.8 Å². The van der Waals surface area contributed by atoms with Crippen molar-refractivity contribution >= 4 is 40.8 Å². The van der Waals surface area contributed by atoms with E-state index in [1.807, 2.05) is 6.92 Å². The fraction of sp³-hybridized carbons (Fsp3) is 0.150. The van der Waals surface area contributed by atoms with E-state index in [2.05, 4.69) is 4.98 Å². The molecule has 144 valence electrons. The fourth-order valence-corrected chi connectivity index (χ4v) is 3.73. The maximum absolute atomic E-state index is 13.2. The fourth-order valence-electron chi connectivity index (χ4n) is 3.26. The lowest BCUT2D eigenvalue weighted by atomic mass is 9.97. The molecule has 0 fully saturated rings. The highest BCUT2D eigenvalue weighted by Crippen LogP contribution is 2.33. The summed E-state index contributed by atoms with van der Waals surface area (Å²) in [7, 11) is 0. The summed E-state index contributed by atoms with van der Waals surface area (Å²) in [5.74, 6) is -1.33. The number of aromatic carboxylic acids is 1. The number of halogens is 3. The van der Waals surface area contributed by atoms with Gasteiger partial charge in [0.2, 0.25) is 5.43 Å². The molecule has 3 rings (SSSR count). The number of carboxylic acids is 1. The van der Waals surface area contributed by atoms with Crippen LogP contribution < -0.4 is 5.43 Å². The number of carbonyl (C=O) groups is 1. The van der Waals surface area contributed by atoms with E-state index in [1.165, 1.54) is 12.4 Å². The molecule has 1 aromatic carbocycles. The highest BCUT2D eigenvalue weighted by molar-refractivity contribution is 6.42. The number of carboxylic acid groups (broad SMARTS) is 1. The molecule has 5 nitrogen and oxygen atoms in total. The lowest BCUT2D eigenvalue weighted by molar-refractivity contribution is 0.0695. The van der Waals surface area contributed by atoms with Gasteiger partial charge in [-0.05, 0) is 32.0 Å². The Labute approximate surface area is 176 Å². The molecule has 0 spiro atoms. The van der Waals surface area contributed by atoms with Crippen molar-refractivity contribution in [2.75, 3.05) is 0 Å². The quantitative estimate of drug-likeness (QED) is 0.579. The highest BCUT2D eigenvalue weighted by Gasteiger charge is 2.26. The van der Waals surface area contributed by atoms with Crippen LogP contribution in [0.25, 0.3) is 22.4 Å². The van der Waals surface area contributed by atoms with Crippen LogP contribution in [0.5, 0.6) is 0 Å². The Morgan fingerprint density at radius 1 is 1.11 bits per heavy atom. The van der Waals surface area contributed by atoms with Crippen LogP contribution in [-0.4, -0.2) is 20.6 Å². The normalized spacial score (nSPS) is 10.9. The Morgan fingerprint density at radius 3 is 2.39 bits per heavy atom. The van der Waals surface area contributed by atoms with Gasteiger partial charge in [0, 0.05) is 35.8 Å². The molecule has 0 unspecified atom stereocenters. The topological polar surface area (TPSA) is 72.2 Å². The number of nitrogens with zero attached hydrogens (tertiary/aromatic N) is 2. The molecule has 0 aliphatic carbocycles. The minimum atomic E-state index is -1.33. The minimum absolute atomic E-state index is 0.248. The molecule has 0 saturated heterocycles. The highest BCUT2D eigenvalue weighted by atomic mass is 35.5. The van der Waals surface area contributed by atoms with Gasteiger partial charge >= 0.3 is 5.97 Å². The largest absolute Gasteiger partial charge is 0.477 e. The predicted octanol–water partition coefficient (Wildman–Crippen LogP) is 5.56. The van der Waals surface area contributed by atoms with Gasteiger partial charge in [0.15, 0.2) is 0 Å². The Morgan fingerprint density at radius 2 is 1.82 bits per heavy atom. The minimum Gasteiger partial charge on any atom is -0.477 e. The van der Waals surface area contributed by atoms with E-state index in [0.29, 0.717) is 33.4 Å². The van der Waals surface area contributed by atoms with Gasteiger partial charge < -0.3 is 9.67 Å². The first-order valence-electron chi connectivity index (χ1n) is 8.33. The summed E-state index contributed by atoms with van der Waals surface area (Å²) in [6.45, 7) is 4.06. The van der Waals surface area contributed by atoms with Crippen LogP contribution in [0.3, 0.4) is 0 Å². The lowest BCUT2D eigenvalue weighted by Crippen LogP contribution is -2.25. The third kappa shape index (κ3) is 3.53. The number of benzene rings is 1. The molecule has 0 aliphatic heterocycles. The van der Waals surface area contributed by atoms with Gasteiger partial charge in [0.1, 0.15) is 5.56 Å². The first-order valence-corrected chi connectivity index (χ1v) is 9.46. The average Bonchev–Trinajstić information content (AvgIpc) is 2.63. The van der Waals surface area contributed by atoms with E-state index >= 15 is 0 Å². The molecule has 0 radical (unpaired) electrons. The van der Waals surface area contributed by atoms with Crippen LogP contribution in [0.15, 0.2) is 41.5 Å². The maximum atomic E-state index is 13.2. The second-order valence-electron chi connectivity index (χ2n) is 6.08. The maximum Gasteiger partial charge on any atom is 0.341 e. The molecule has 2 aromatic heterocycles. The van der Waals surface area contributed by atoms with Crippen molar-refractivity contribution in [2.45, 2.75) is 20.4 Å². The van der Waals surface area contributed by atoms with Gasteiger partial charge in [-0.2, -0.15) is 0 Å². The molecular weight excluding hydrogens is 423 g/mol. The van der Waals surface area contributed by atoms with Crippen molar-refractivity contribution in [2.24, 2.45) is 0 Å². The summed E-state index contributed by atoms with van der Waals surface area (Å²) in [6.07, 6.45) is 2.93. The Balaban J connectivity index is 2.46. The predicted molar refractivity (Wildman–Crippen MR) is 112 cm³/mol. The first kappa shape index (κ1) is 20.4. The van der Waals surface area contributed by atoms with Gasteiger partial charge in [0.05, 0.1) is 26.3 Å². The molecule has 0 aliphatic rings. The summed E-state index contributed by atoms with van der Waals surface area (Å²) in [5.41, 5.74) is 1.11. The smallest absolute Gasteiger partial charge is 0.341 e. The molecule has 0 atom stereocenters. The number of hydrogen-bond acceptors (Lipinski definition) is 3. The van der Waals surface area contributed by atoms with Crippen molar-refractivity contribution in [1.82, 2.24) is 9.55 Å². The molecule has 3 aromatic rings. The van der Waals surface area contributed by atoms with Crippen molar-refractivity contribution in [3.63, 3.8) is 0 Å². The second kappa shape index (κ2) is 7.95. The van der Waals surface area contributed by atoms with Crippen molar-refractivity contribution in [1.29, 1.82) is 0 Å². The van der Waals surface area contributed by atoms with E-state index < -0.39 is 11.4 Å². The monoisotopic (exact) mass is 436 g/mol. The second-order valence-corrected chi connectivity index (χ2v) is 7.33. The van der Waals surface area contributed by atoms with Crippen LogP contribution in [0, 0.1) is 6.92 Å². The van der Waals surface area contributed by atoms with Crippen LogP contribution in [0.1, 0.15) is 23.0 Å². The molecule has 0 bridgehead atoms. The Kier molecular flexibility index (Phi) is 5.79. The van der Waals surface area contributed by atoms with Crippen LogP contribution in [-0.2, 0) is 6.54 Å². The van der Waals surface area contributed by atoms with Crippen molar-refractivity contribution < 1.29 is 9.90 Å². The van der Waals surface area contributed by atoms with Crippen LogP contribution in [0.2, 0.25) is 15.1 Å². The van der Waals surface area contributed by atoms with E-state index in [9.17, 15) is 14.7 Å². The summed E-state index contributed by atoms with van der Waals surface area (Å²) >= 11 is 18.1. The van der Waals surface area contributed by atoms with Gasteiger partial charge in [-0.3, -0.25) is 9.78 Å². The molecular formula is C20H15Cl3N2O3. The summed E-state index contributed by atoms with van der Waals surface area (Å²) in [5, 5.41) is 10.8. The molecule has 28 heavy (non-hydrogen) atoms. The zero-order valence-corrected chi connectivity index (χ0v) is 17.2. The molecule has 0 amide bonds. The number of hydrogen-bond donors (Lipinski definition) is 1. The summed E-state index contributed by atoms with van der Waals surface area (Å²) in [4.78, 5) is 29.3. The molecule has 8 heteroatoms. The summed E-state index contributed by atoms with van der Waals surface area (Å²) in [6, 6.07) is 6.35. The standard InChI is InChI=1S/C20H15Cl3N2O3/c1-3-25-10(2)16(12-6-13(21)9-24-8-12)19(26)17(20(27)28)18(25)11-4-5-14(22)15(23)7-11/h4-9H,3H2,1-2H3,(H,27,28). The number of pyridine rings is 2. The van der Waals surface area contributed by atoms with E-state index in [-0.39, 0.29) is 21.8 Å². The number of rotatable bonds is 4. The van der Waals surface area contributed by atoms with Crippen LogP contribution >= 0.6 is 34.8 Å². The lowest BCUT2D eigenvalue weighted by Gasteiger charge is -2.21. The third-order valence-corrected chi connectivity index (χ3v) is 5.39. The third-order valence-electron chi connectivity index (χ3n) is 4.44. The van der Waals surface area contributed by atoms with Crippen molar-refractivity contribution in [3.05, 3.63) is 73.2 Å². The SMILES string of the molecule is CCn1c(C)c(-c2cncc(Cl)c2)c(=O)c(C(=O)O)c1-c1ccc(Cl)c(Cl)c1. The summed E-state index contributed by atoms with van der Waals surface area (Å²) < 4.78 is 1.76. The zero-order chi connectivity index (χ0) is 20.6. The molecule has 0 saturated carbocycles. The first-order chi connectivity index (χ1) is 13.3. The zero-order valence-electron chi connectivity index (χ0n) is 15.0. The van der Waals surface area contributed by atoms with E-state index in [0.717, 1.165) is 0 Å². The van der Waals surface area contributed by atoms with Gasteiger partial charge in [0.25, 0.3) is 0 Å². The number of aromatic nitrogens is 2. The Bertz CT molecular complexity index is 1160. The van der Waals surface area contributed by atoms with Crippen LogP contribution in [0.4, 0.5) is 0 Å². The molecule has 2 heterocycles.